The maximum atomic E-state index is 12.5. The van der Waals surface area contributed by atoms with Gasteiger partial charge in [-0.05, 0) is 58.1 Å². The van der Waals surface area contributed by atoms with Crippen LogP contribution >= 0.6 is 23.4 Å². The molecule has 1 aliphatic heterocycles. The van der Waals surface area contributed by atoms with Crippen LogP contribution in [0.1, 0.15) is 45.2 Å². The molecule has 3 aromatic rings. The topological polar surface area (TPSA) is 84.0 Å². The largest absolute Gasteiger partial charge is 0.444 e. The molecule has 0 bridgehead atoms. The first-order valence-corrected chi connectivity index (χ1v) is 12.5. The lowest BCUT2D eigenvalue weighted by Crippen LogP contribution is -2.41. The second-order valence-corrected chi connectivity index (χ2v) is 10.2. The third-order valence-electron chi connectivity index (χ3n) is 5.54. The molecule has 0 aliphatic carbocycles. The summed E-state index contributed by atoms with van der Waals surface area (Å²) >= 11 is 7.61. The number of carbonyl (C=O) groups excluding carboxylic acids is 1. The van der Waals surface area contributed by atoms with Gasteiger partial charge in [0, 0.05) is 47.0 Å². The molecule has 174 valence electrons. The Morgan fingerprint density at radius 1 is 1.18 bits per heavy atom. The number of hydrogen-bond donors (Lipinski definition) is 1. The first kappa shape index (κ1) is 23.6. The summed E-state index contributed by atoms with van der Waals surface area (Å²) in [7, 11) is 0. The Hall–Kier alpha value is -2.58. The maximum absolute atomic E-state index is 12.5. The molecule has 4 rings (SSSR count). The van der Waals surface area contributed by atoms with Crippen molar-refractivity contribution in [3.63, 3.8) is 0 Å². The van der Waals surface area contributed by atoms with Gasteiger partial charge in [0.05, 0.1) is 5.69 Å². The van der Waals surface area contributed by atoms with Crippen molar-refractivity contribution in [2.24, 2.45) is 0 Å². The average Bonchev–Trinajstić information content (AvgIpc) is 3.24. The molecule has 9 heteroatoms. The van der Waals surface area contributed by atoms with Gasteiger partial charge in [-0.25, -0.2) is 14.8 Å². The van der Waals surface area contributed by atoms with E-state index in [4.69, 9.17) is 21.3 Å². The van der Waals surface area contributed by atoms with Crippen molar-refractivity contribution >= 4 is 29.5 Å². The van der Waals surface area contributed by atoms with Crippen molar-refractivity contribution in [3.8, 4) is 22.5 Å². The first-order chi connectivity index (χ1) is 15.7. The van der Waals surface area contributed by atoms with E-state index >= 15 is 0 Å². The fourth-order valence-electron chi connectivity index (χ4n) is 3.98. The van der Waals surface area contributed by atoms with Crippen LogP contribution in [0.5, 0.6) is 0 Å². The number of piperidine rings is 1. The molecule has 0 atom stereocenters. The molecule has 0 saturated carbocycles. The van der Waals surface area contributed by atoms with Gasteiger partial charge in [0.2, 0.25) is 0 Å². The number of aromatic nitrogens is 4. The highest BCUT2D eigenvalue weighted by Crippen LogP contribution is 2.39. The number of likely N-dealkylation sites (tertiary alicyclic amines) is 1. The van der Waals surface area contributed by atoms with E-state index < -0.39 is 5.60 Å². The number of carbonyl (C=O) groups is 1. The Morgan fingerprint density at radius 2 is 1.88 bits per heavy atom. The van der Waals surface area contributed by atoms with Gasteiger partial charge in [0.25, 0.3) is 0 Å². The van der Waals surface area contributed by atoms with Crippen molar-refractivity contribution in [3.05, 3.63) is 47.2 Å². The summed E-state index contributed by atoms with van der Waals surface area (Å²) in [6.45, 7) is 6.93. The molecule has 3 heterocycles. The summed E-state index contributed by atoms with van der Waals surface area (Å²) in [5.74, 6) is 0.222. The van der Waals surface area contributed by atoms with Gasteiger partial charge >= 0.3 is 6.09 Å². The average molecular weight is 486 g/mol. The highest BCUT2D eigenvalue weighted by molar-refractivity contribution is 7.98. The van der Waals surface area contributed by atoms with E-state index in [0.29, 0.717) is 23.3 Å². The van der Waals surface area contributed by atoms with E-state index in [9.17, 15) is 4.79 Å². The number of rotatable bonds is 4. The monoisotopic (exact) mass is 485 g/mol. The first-order valence-electron chi connectivity index (χ1n) is 10.9. The number of aromatic amines is 1. The maximum Gasteiger partial charge on any atom is 0.410 e. The van der Waals surface area contributed by atoms with Crippen molar-refractivity contribution in [1.82, 2.24) is 25.1 Å². The summed E-state index contributed by atoms with van der Waals surface area (Å²) in [4.78, 5) is 23.4. The van der Waals surface area contributed by atoms with Crippen LogP contribution in [0.3, 0.4) is 0 Å². The fraction of sp³-hybridized carbons (Fsp3) is 0.417. The predicted molar refractivity (Wildman–Crippen MR) is 132 cm³/mol. The summed E-state index contributed by atoms with van der Waals surface area (Å²) in [5, 5.41) is 9.36. The second-order valence-electron chi connectivity index (χ2n) is 9.04. The molecule has 0 radical (unpaired) electrons. The van der Waals surface area contributed by atoms with E-state index in [1.54, 1.807) is 11.1 Å². The molecule has 1 fully saturated rings. The van der Waals surface area contributed by atoms with Crippen LogP contribution in [0, 0.1) is 0 Å². The van der Waals surface area contributed by atoms with Crippen LogP contribution in [0.2, 0.25) is 5.02 Å². The highest BCUT2D eigenvalue weighted by Gasteiger charge is 2.31. The van der Waals surface area contributed by atoms with Gasteiger partial charge in [0.15, 0.2) is 5.16 Å². The summed E-state index contributed by atoms with van der Waals surface area (Å²) in [6, 6.07) is 9.58. The number of hydrogen-bond acceptors (Lipinski definition) is 6. The van der Waals surface area contributed by atoms with Gasteiger partial charge in [0.1, 0.15) is 11.3 Å². The summed E-state index contributed by atoms with van der Waals surface area (Å²) < 4.78 is 5.55. The lowest BCUT2D eigenvalue weighted by atomic mass is 9.89. The lowest BCUT2D eigenvalue weighted by Gasteiger charge is -2.33. The zero-order valence-electron chi connectivity index (χ0n) is 19.3. The molecular formula is C24H28ClN5O2S. The predicted octanol–water partition coefficient (Wildman–Crippen LogP) is 6.02. The molecule has 1 N–H and O–H groups in total. The van der Waals surface area contributed by atoms with Crippen LogP contribution in [0.15, 0.2) is 41.7 Å². The number of thioether (sulfide) groups is 1. The van der Waals surface area contributed by atoms with Crippen molar-refractivity contribution in [1.29, 1.82) is 0 Å². The van der Waals surface area contributed by atoms with Gasteiger partial charge in [-0.1, -0.05) is 35.5 Å². The van der Waals surface area contributed by atoms with Crippen LogP contribution in [-0.4, -0.2) is 56.1 Å². The van der Waals surface area contributed by atoms with Gasteiger partial charge in [-0.2, -0.15) is 5.10 Å². The van der Waals surface area contributed by atoms with E-state index in [1.807, 2.05) is 57.4 Å². The summed E-state index contributed by atoms with van der Waals surface area (Å²) in [6.07, 6.45) is 5.11. The number of halogens is 1. The number of benzene rings is 1. The highest BCUT2D eigenvalue weighted by atomic mass is 35.5. The third kappa shape index (κ3) is 5.50. The Bertz CT molecular complexity index is 1120. The molecule has 33 heavy (non-hydrogen) atoms. The molecular weight excluding hydrogens is 458 g/mol. The molecule has 1 saturated heterocycles. The van der Waals surface area contributed by atoms with E-state index in [1.165, 1.54) is 11.8 Å². The molecule has 1 amide bonds. The van der Waals surface area contributed by atoms with Crippen LogP contribution < -0.4 is 0 Å². The molecule has 1 aliphatic rings. The van der Waals surface area contributed by atoms with E-state index in [-0.39, 0.29) is 12.0 Å². The fourth-order valence-corrected chi connectivity index (χ4v) is 4.46. The number of amides is 1. The second kappa shape index (κ2) is 9.73. The lowest BCUT2D eigenvalue weighted by molar-refractivity contribution is 0.0204. The normalized spacial score (nSPS) is 15.0. The minimum Gasteiger partial charge on any atom is -0.444 e. The number of nitrogens with zero attached hydrogens (tertiary/aromatic N) is 4. The summed E-state index contributed by atoms with van der Waals surface area (Å²) in [5.41, 5.74) is 4.15. The Labute approximate surface area is 203 Å². The van der Waals surface area contributed by atoms with E-state index in [2.05, 4.69) is 15.2 Å². The molecule has 0 spiro atoms. The van der Waals surface area contributed by atoms with Gasteiger partial charge < -0.3 is 9.64 Å². The molecule has 7 nitrogen and oxygen atoms in total. The standard InChI is InChI=1S/C24H28ClN5O2S/c1-24(2,3)32-23(31)30-13-10-16(11-14-30)21-19(18-9-12-26-22(27-18)33-4)20(28-29-21)15-5-7-17(25)8-6-15/h5-9,12,16H,10-11,13-14H2,1-4H3,(H,28,29). The van der Waals surface area contributed by atoms with Crippen molar-refractivity contribution in [2.75, 3.05) is 19.3 Å². The molecule has 1 aromatic carbocycles. The van der Waals surface area contributed by atoms with Crippen molar-refractivity contribution < 1.29 is 9.53 Å². The smallest absolute Gasteiger partial charge is 0.410 e. The number of H-pyrrole nitrogens is 1. The molecule has 2 aromatic heterocycles. The zero-order chi connectivity index (χ0) is 23.6. The van der Waals surface area contributed by atoms with Crippen molar-refractivity contribution in [2.45, 2.75) is 50.3 Å². The number of nitrogens with one attached hydrogen (secondary N) is 1. The van der Waals surface area contributed by atoms with E-state index in [0.717, 1.165) is 41.1 Å². The van der Waals surface area contributed by atoms with Crippen LogP contribution in [0.4, 0.5) is 4.79 Å². The minimum atomic E-state index is -0.500. The molecule has 0 unspecified atom stereocenters. The third-order valence-corrected chi connectivity index (χ3v) is 6.35. The van der Waals surface area contributed by atoms with Gasteiger partial charge in [-0.3, -0.25) is 5.10 Å². The Morgan fingerprint density at radius 3 is 2.52 bits per heavy atom. The van der Waals surface area contributed by atoms with Crippen LogP contribution in [-0.2, 0) is 4.74 Å². The SMILES string of the molecule is CSc1nccc(-c2c(-c3ccc(Cl)cc3)n[nH]c2C2CCN(C(=O)OC(C)(C)C)CC2)n1. The Balaban J connectivity index is 1.65. The van der Waals surface area contributed by atoms with Gasteiger partial charge in [-0.15, -0.1) is 0 Å². The Kier molecular flexibility index (Phi) is 6.95. The minimum absolute atomic E-state index is 0.222. The van der Waals surface area contributed by atoms with Crippen LogP contribution in [0.25, 0.3) is 22.5 Å². The number of ether oxygens (including phenoxy) is 1. The zero-order valence-corrected chi connectivity index (χ0v) is 20.8. The quantitative estimate of drug-likeness (QED) is 0.359.